The van der Waals surface area contributed by atoms with Crippen LogP contribution in [0.4, 0.5) is 0 Å². The molecule has 2 fully saturated rings. The zero-order valence-corrected chi connectivity index (χ0v) is 10.6. The minimum atomic E-state index is 0.0859. The van der Waals surface area contributed by atoms with Gasteiger partial charge in [0.15, 0.2) is 0 Å². The van der Waals surface area contributed by atoms with E-state index in [9.17, 15) is 4.79 Å². The molecule has 0 bridgehead atoms. The number of hydrogen-bond acceptors (Lipinski definition) is 2. The number of likely N-dealkylation sites (N-methyl/N-ethyl adjacent to an activating group) is 1. The Morgan fingerprint density at radius 2 is 2.12 bits per heavy atom. The minimum absolute atomic E-state index is 0.0859. The second-order valence-corrected chi connectivity index (χ2v) is 5.17. The summed E-state index contributed by atoms with van der Waals surface area (Å²) < 4.78 is 0. The summed E-state index contributed by atoms with van der Waals surface area (Å²) >= 11 is 0. The molecule has 0 aromatic heterocycles. The van der Waals surface area contributed by atoms with Crippen LogP contribution in [0, 0.1) is 0 Å². The molecule has 1 saturated heterocycles. The highest BCUT2D eigenvalue weighted by molar-refractivity contribution is 5.83. The maximum absolute atomic E-state index is 12.4. The summed E-state index contributed by atoms with van der Waals surface area (Å²) in [5.41, 5.74) is 0.227. The third-order valence-electron chi connectivity index (χ3n) is 4.40. The van der Waals surface area contributed by atoms with Crippen LogP contribution in [-0.4, -0.2) is 35.5 Å². The van der Waals surface area contributed by atoms with Crippen molar-refractivity contribution in [3.8, 4) is 0 Å². The number of piperidine rings is 1. The molecule has 3 heteroatoms. The molecule has 0 aromatic rings. The first kappa shape index (κ1) is 11.9. The first-order valence-corrected chi connectivity index (χ1v) is 6.78. The van der Waals surface area contributed by atoms with Gasteiger partial charge in [-0.1, -0.05) is 13.8 Å². The highest BCUT2D eigenvalue weighted by Crippen LogP contribution is 2.41. The Bertz CT molecular complexity index is 253. The zero-order valence-electron chi connectivity index (χ0n) is 10.6. The second kappa shape index (κ2) is 4.74. The van der Waals surface area contributed by atoms with Crippen LogP contribution in [0.25, 0.3) is 0 Å². The Morgan fingerprint density at radius 3 is 2.62 bits per heavy atom. The number of nitrogens with zero attached hydrogens (tertiary/aromatic N) is 1. The molecule has 1 amide bonds. The predicted molar refractivity (Wildman–Crippen MR) is 65.3 cm³/mol. The smallest absolute Gasteiger partial charge is 0.240 e. The molecule has 0 spiro atoms. The molecular weight excluding hydrogens is 200 g/mol. The van der Waals surface area contributed by atoms with Crippen LogP contribution in [-0.2, 0) is 4.79 Å². The van der Waals surface area contributed by atoms with Gasteiger partial charge in [0.05, 0.1) is 6.04 Å². The van der Waals surface area contributed by atoms with Crippen LogP contribution in [0.15, 0.2) is 0 Å². The standard InChI is InChI=1S/C13H24N2O/c1-3-13(8-6-9-13)15-10-5-7-11(12(15)16)14-4-2/h11,14H,3-10H2,1-2H3. The van der Waals surface area contributed by atoms with Gasteiger partial charge in [-0.15, -0.1) is 0 Å². The van der Waals surface area contributed by atoms with Crippen molar-refractivity contribution >= 4 is 5.91 Å². The average Bonchev–Trinajstić information content (AvgIpc) is 2.23. The van der Waals surface area contributed by atoms with Crippen LogP contribution < -0.4 is 5.32 Å². The summed E-state index contributed by atoms with van der Waals surface area (Å²) in [7, 11) is 0. The summed E-state index contributed by atoms with van der Waals surface area (Å²) in [4.78, 5) is 14.6. The molecule has 1 saturated carbocycles. The lowest BCUT2D eigenvalue weighted by atomic mass is 9.72. The molecule has 0 radical (unpaired) electrons. The Hall–Kier alpha value is -0.570. The number of hydrogen-bond donors (Lipinski definition) is 1. The molecule has 1 unspecified atom stereocenters. The van der Waals surface area contributed by atoms with Crippen LogP contribution in [0.5, 0.6) is 0 Å². The quantitative estimate of drug-likeness (QED) is 0.791. The van der Waals surface area contributed by atoms with Crippen molar-refractivity contribution < 1.29 is 4.79 Å². The van der Waals surface area contributed by atoms with Crippen LogP contribution in [0.2, 0.25) is 0 Å². The van der Waals surface area contributed by atoms with Crippen molar-refractivity contribution in [2.45, 2.75) is 64.0 Å². The molecule has 0 aromatic carbocycles. The lowest BCUT2D eigenvalue weighted by Gasteiger charge is -2.52. The highest BCUT2D eigenvalue weighted by atomic mass is 16.2. The van der Waals surface area contributed by atoms with Crippen molar-refractivity contribution in [1.29, 1.82) is 0 Å². The molecule has 1 atom stereocenters. The van der Waals surface area contributed by atoms with E-state index in [1.54, 1.807) is 0 Å². The van der Waals surface area contributed by atoms with E-state index in [1.807, 2.05) is 0 Å². The summed E-state index contributed by atoms with van der Waals surface area (Å²) in [5.74, 6) is 0.356. The monoisotopic (exact) mass is 224 g/mol. The van der Waals surface area contributed by atoms with Gasteiger partial charge in [-0.3, -0.25) is 4.79 Å². The van der Waals surface area contributed by atoms with Gasteiger partial charge in [0.1, 0.15) is 0 Å². The molecule has 1 aliphatic carbocycles. The fourth-order valence-corrected chi connectivity index (χ4v) is 3.18. The van der Waals surface area contributed by atoms with E-state index < -0.39 is 0 Å². The van der Waals surface area contributed by atoms with Crippen molar-refractivity contribution in [2.75, 3.05) is 13.1 Å². The fourth-order valence-electron chi connectivity index (χ4n) is 3.18. The Kier molecular flexibility index (Phi) is 3.53. The molecule has 2 aliphatic rings. The third kappa shape index (κ3) is 1.86. The first-order chi connectivity index (χ1) is 7.73. The van der Waals surface area contributed by atoms with Crippen molar-refractivity contribution in [1.82, 2.24) is 10.2 Å². The maximum Gasteiger partial charge on any atom is 0.240 e. The number of carbonyl (C=O) groups excluding carboxylic acids is 1. The van der Waals surface area contributed by atoms with Gasteiger partial charge in [-0.05, 0) is 45.1 Å². The van der Waals surface area contributed by atoms with E-state index in [4.69, 9.17) is 0 Å². The van der Waals surface area contributed by atoms with Crippen molar-refractivity contribution in [3.63, 3.8) is 0 Å². The van der Waals surface area contributed by atoms with Gasteiger partial charge in [-0.2, -0.15) is 0 Å². The maximum atomic E-state index is 12.4. The van der Waals surface area contributed by atoms with Gasteiger partial charge in [-0.25, -0.2) is 0 Å². The number of amides is 1. The topological polar surface area (TPSA) is 32.3 Å². The van der Waals surface area contributed by atoms with E-state index in [0.717, 1.165) is 32.4 Å². The zero-order chi connectivity index (χ0) is 11.6. The third-order valence-corrected chi connectivity index (χ3v) is 4.40. The number of rotatable bonds is 4. The van der Waals surface area contributed by atoms with Crippen LogP contribution in [0.1, 0.15) is 52.4 Å². The first-order valence-electron chi connectivity index (χ1n) is 6.78. The van der Waals surface area contributed by atoms with Gasteiger partial charge < -0.3 is 10.2 Å². The van der Waals surface area contributed by atoms with Gasteiger partial charge in [0, 0.05) is 12.1 Å². The SMILES string of the molecule is CCNC1CCCN(C2(CC)CCC2)C1=O. The highest BCUT2D eigenvalue weighted by Gasteiger charge is 2.45. The Labute approximate surface area is 98.6 Å². The van der Waals surface area contributed by atoms with Crippen molar-refractivity contribution in [3.05, 3.63) is 0 Å². The average molecular weight is 224 g/mol. The van der Waals surface area contributed by atoms with Crippen LogP contribution in [0.3, 0.4) is 0 Å². The molecule has 2 rings (SSSR count). The minimum Gasteiger partial charge on any atom is -0.336 e. The molecule has 1 heterocycles. The van der Waals surface area contributed by atoms with Gasteiger partial charge in [0.2, 0.25) is 5.91 Å². The van der Waals surface area contributed by atoms with E-state index >= 15 is 0 Å². The molecule has 3 nitrogen and oxygen atoms in total. The second-order valence-electron chi connectivity index (χ2n) is 5.17. The van der Waals surface area contributed by atoms with E-state index in [1.165, 1.54) is 19.3 Å². The molecule has 1 N–H and O–H groups in total. The van der Waals surface area contributed by atoms with E-state index in [0.29, 0.717) is 5.91 Å². The number of likely N-dealkylation sites (tertiary alicyclic amines) is 1. The molecule has 16 heavy (non-hydrogen) atoms. The van der Waals surface area contributed by atoms with Gasteiger partial charge >= 0.3 is 0 Å². The summed E-state index contributed by atoms with van der Waals surface area (Å²) in [6.07, 6.45) is 7.03. The van der Waals surface area contributed by atoms with E-state index in [-0.39, 0.29) is 11.6 Å². The summed E-state index contributed by atoms with van der Waals surface area (Å²) in [6, 6.07) is 0.0859. The molecule has 92 valence electrons. The Morgan fingerprint density at radius 1 is 1.38 bits per heavy atom. The lowest BCUT2D eigenvalue weighted by Crippen LogP contribution is -2.62. The summed E-state index contributed by atoms with van der Waals surface area (Å²) in [6.45, 7) is 6.17. The normalized spacial score (nSPS) is 29.0. The molecule has 1 aliphatic heterocycles. The number of carbonyl (C=O) groups is 1. The van der Waals surface area contributed by atoms with Gasteiger partial charge in [0.25, 0.3) is 0 Å². The van der Waals surface area contributed by atoms with E-state index in [2.05, 4.69) is 24.1 Å². The van der Waals surface area contributed by atoms with Crippen LogP contribution >= 0.6 is 0 Å². The summed E-state index contributed by atoms with van der Waals surface area (Å²) in [5, 5.41) is 3.32. The Balaban J connectivity index is 2.06. The fraction of sp³-hybridized carbons (Fsp3) is 0.923. The predicted octanol–water partition coefficient (Wildman–Crippen LogP) is 1.92. The van der Waals surface area contributed by atoms with Crippen molar-refractivity contribution in [2.24, 2.45) is 0 Å². The lowest BCUT2D eigenvalue weighted by molar-refractivity contribution is -0.147. The number of nitrogens with one attached hydrogen (secondary N) is 1. The largest absolute Gasteiger partial charge is 0.336 e. The molecular formula is C13H24N2O.